The second-order valence-electron chi connectivity index (χ2n) is 7.58. The smallest absolute Gasteiger partial charge is 0.404 e. The Hall–Kier alpha value is -2.18. The molecule has 0 aliphatic carbocycles. The van der Waals surface area contributed by atoms with Crippen LogP contribution in [0, 0.1) is 0 Å². The summed E-state index contributed by atoms with van der Waals surface area (Å²) in [7, 11) is -2.66. The zero-order valence-corrected chi connectivity index (χ0v) is 17.1. The molecule has 0 saturated carbocycles. The van der Waals surface area contributed by atoms with Gasteiger partial charge in [0.05, 0.1) is 6.54 Å². The van der Waals surface area contributed by atoms with Crippen LogP contribution >= 0.6 is 0 Å². The Morgan fingerprint density at radius 3 is 1.96 bits per heavy atom. The summed E-state index contributed by atoms with van der Waals surface area (Å²) in [6.45, 7) is 6.50. The molecule has 146 valence electrons. The van der Waals surface area contributed by atoms with Gasteiger partial charge in [0.15, 0.2) is 0 Å². The molecule has 0 bridgehead atoms. The van der Waals surface area contributed by atoms with Gasteiger partial charge in [-0.25, -0.2) is 9.18 Å². The van der Waals surface area contributed by atoms with E-state index in [9.17, 15) is 9.18 Å². The standard InChI is InChI=1S/C21H28FNO3Si/c1-21(2,3)27(18-10-6-4-7-11-18,19-12-8-5-9-13-19)26-15-14-17(22)16-23-20(24)25/h4-13,17,23H,14-16H2,1-3H3,(H,24,25). The highest BCUT2D eigenvalue weighted by Gasteiger charge is 2.50. The molecule has 1 unspecified atom stereocenters. The normalized spacial score (nSPS) is 13.2. The van der Waals surface area contributed by atoms with Crippen LogP contribution in [0.5, 0.6) is 0 Å². The molecule has 1 amide bonds. The van der Waals surface area contributed by atoms with Crippen molar-refractivity contribution in [3.63, 3.8) is 0 Å². The van der Waals surface area contributed by atoms with E-state index in [1.165, 1.54) is 0 Å². The summed E-state index contributed by atoms with van der Waals surface area (Å²) in [6, 6.07) is 20.3. The average Bonchev–Trinajstić information content (AvgIpc) is 2.64. The fourth-order valence-corrected chi connectivity index (χ4v) is 7.98. The van der Waals surface area contributed by atoms with E-state index in [2.05, 4.69) is 50.4 Å². The van der Waals surface area contributed by atoms with Gasteiger partial charge in [-0.05, 0) is 15.4 Å². The number of alkyl halides is 1. The van der Waals surface area contributed by atoms with Crippen LogP contribution in [0.3, 0.4) is 0 Å². The van der Waals surface area contributed by atoms with Gasteiger partial charge in [-0.1, -0.05) is 81.4 Å². The minimum atomic E-state index is -2.66. The van der Waals surface area contributed by atoms with Gasteiger partial charge in [0.25, 0.3) is 8.32 Å². The van der Waals surface area contributed by atoms with Crippen molar-refractivity contribution in [3.05, 3.63) is 60.7 Å². The quantitative estimate of drug-likeness (QED) is 0.679. The van der Waals surface area contributed by atoms with Gasteiger partial charge in [-0.2, -0.15) is 0 Å². The summed E-state index contributed by atoms with van der Waals surface area (Å²) in [5.74, 6) is 0. The van der Waals surface area contributed by atoms with Gasteiger partial charge in [0, 0.05) is 13.0 Å². The topological polar surface area (TPSA) is 58.6 Å². The summed E-state index contributed by atoms with van der Waals surface area (Å²) in [6.07, 6.45) is -2.35. The van der Waals surface area contributed by atoms with E-state index < -0.39 is 20.6 Å². The zero-order valence-electron chi connectivity index (χ0n) is 16.1. The maximum atomic E-state index is 14.0. The van der Waals surface area contributed by atoms with Crippen LogP contribution in [-0.4, -0.2) is 38.8 Å². The van der Waals surface area contributed by atoms with Crippen molar-refractivity contribution in [1.29, 1.82) is 0 Å². The first kappa shape index (κ1) is 21.1. The molecule has 1 atom stereocenters. The van der Waals surface area contributed by atoms with Crippen molar-refractivity contribution in [2.24, 2.45) is 0 Å². The van der Waals surface area contributed by atoms with Crippen molar-refractivity contribution >= 4 is 24.8 Å². The molecule has 2 rings (SSSR count). The van der Waals surface area contributed by atoms with E-state index in [0.717, 1.165) is 10.4 Å². The first-order valence-corrected chi connectivity index (χ1v) is 11.0. The summed E-state index contributed by atoms with van der Waals surface area (Å²) in [5, 5.41) is 12.8. The molecule has 2 aromatic rings. The fraction of sp³-hybridized carbons (Fsp3) is 0.381. The predicted octanol–water partition coefficient (Wildman–Crippen LogP) is 3.56. The lowest BCUT2D eigenvalue weighted by Gasteiger charge is -2.43. The van der Waals surface area contributed by atoms with E-state index in [-0.39, 0.29) is 24.6 Å². The number of hydrogen-bond acceptors (Lipinski definition) is 2. The Labute approximate surface area is 161 Å². The van der Waals surface area contributed by atoms with E-state index in [0.29, 0.717) is 0 Å². The largest absolute Gasteiger partial charge is 0.465 e. The number of rotatable bonds is 8. The number of amides is 1. The van der Waals surface area contributed by atoms with E-state index >= 15 is 0 Å². The van der Waals surface area contributed by atoms with E-state index in [4.69, 9.17) is 9.53 Å². The van der Waals surface area contributed by atoms with Crippen LogP contribution < -0.4 is 15.7 Å². The van der Waals surface area contributed by atoms with Crippen LogP contribution in [0.2, 0.25) is 5.04 Å². The van der Waals surface area contributed by atoms with Gasteiger partial charge in [0.1, 0.15) is 6.17 Å². The molecule has 27 heavy (non-hydrogen) atoms. The maximum Gasteiger partial charge on any atom is 0.404 e. The number of carbonyl (C=O) groups is 1. The summed E-state index contributed by atoms with van der Waals surface area (Å²) < 4.78 is 20.6. The maximum absolute atomic E-state index is 14.0. The Bertz CT molecular complexity index is 680. The number of nitrogens with one attached hydrogen (secondary N) is 1. The third kappa shape index (κ3) is 5.17. The minimum absolute atomic E-state index is 0.144. The molecule has 0 aliphatic heterocycles. The molecular formula is C21H28FNO3Si. The molecule has 0 radical (unpaired) electrons. The molecule has 0 aliphatic rings. The van der Waals surface area contributed by atoms with Crippen molar-refractivity contribution in [3.8, 4) is 0 Å². The molecular weight excluding hydrogens is 361 g/mol. The van der Waals surface area contributed by atoms with Crippen LogP contribution in [0.15, 0.2) is 60.7 Å². The van der Waals surface area contributed by atoms with Crippen LogP contribution in [0.1, 0.15) is 27.2 Å². The highest BCUT2D eigenvalue weighted by Crippen LogP contribution is 2.36. The fourth-order valence-electron chi connectivity index (χ4n) is 3.40. The van der Waals surface area contributed by atoms with E-state index in [1.807, 2.05) is 36.4 Å². The van der Waals surface area contributed by atoms with Crippen molar-refractivity contribution in [2.75, 3.05) is 13.2 Å². The first-order chi connectivity index (χ1) is 12.8. The third-order valence-electron chi connectivity index (χ3n) is 4.64. The van der Waals surface area contributed by atoms with Crippen LogP contribution in [0.25, 0.3) is 0 Å². The highest BCUT2D eigenvalue weighted by atomic mass is 28.4. The summed E-state index contributed by atoms with van der Waals surface area (Å²) >= 11 is 0. The molecule has 0 aromatic heterocycles. The molecule has 6 heteroatoms. The molecule has 4 nitrogen and oxygen atoms in total. The predicted molar refractivity (Wildman–Crippen MR) is 109 cm³/mol. The average molecular weight is 390 g/mol. The SMILES string of the molecule is CC(C)(C)[Si](OCCC(F)CNC(=O)O)(c1ccccc1)c1ccccc1. The van der Waals surface area contributed by atoms with Gasteiger partial charge in [-0.15, -0.1) is 0 Å². The number of hydrogen-bond donors (Lipinski definition) is 2. The molecule has 0 fully saturated rings. The summed E-state index contributed by atoms with van der Waals surface area (Å²) in [4.78, 5) is 10.5. The summed E-state index contributed by atoms with van der Waals surface area (Å²) in [5.41, 5.74) is 0. The molecule has 2 aromatic carbocycles. The van der Waals surface area contributed by atoms with Crippen molar-refractivity contribution < 1.29 is 18.7 Å². The molecule has 0 saturated heterocycles. The van der Waals surface area contributed by atoms with Crippen molar-refractivity contribution in [2.45, 2.75) is 38.4 Å². The number of benzene rings is 2. The number of halogens is 1. The van der Waals surface area contributed by atoms with Gasteiger partial charge in [-0.3, -0.25) is 0 Å². The van der Waals surface area contributed by atoms with Crippen LogP contribution in [-0.2, 0) is 4.43 Å². The molecule has 2 N–H and O–H groups in total. The first-order valence-electron chi connectivity index (χ1n) is 9.13. The lowest BCUT2D eigenvalue weighted by atomic mass is 10.2. The van der Waals surface area contributed by atoms with Crippen molar-refractivity contribution in [1.82, 2.24) is 5.32 Å². The Morgan fingerprint density at radius 2 is 1.56 bits per heavy atom. The van der Waals surface area contributed by atoms with E-state index in [1.54, 1.807) is 0 Å². The Kier molecular flexibility index (Phi) is 7.16. The Morgan fingerprint density at radius 1 is 1.07 bits per heavy atom. The lowest BCUT2D eigenvalue weighted by Crippen LogP contribution is -2.66. The highest BCUT2D eigenvalue weighted by molar-refractivity contribution is 6.99. The minimum Gasteiger partial charge on any atom is -0.465 e. The second-order valence-corrected chi connectivity index (χ2v) is 11.9. The monoisotopic (exact) mass is 389 g/mol. The van der Waals surface area contributed by atoms with Gasteiger partial charge < -0.3 is 14.8 Å². The zero-order chi connectivity index (χ0) is 19.9. The molecule has 0 heterocycles. The molecule has 0 spiro atoms. The van der Waals surface area contributed by atoms with Gasteiger partial charge >= 0.3 is 6.09 Å². The second kappa shape index (κ2) is 9.15. The Balaban J connectivity index is 2.31. The lowest BCUT2D eigenvalue weighted by molar-refractivity contribution is 0.183. The van der Waals surface area contributed by atoms with Crippen LogP contribution in [0.4, 0.5) is 9.18 Å². The number of carboxylic acid groups (broad SMARTS) is 1. The van der Waals surface area contributed by atoms with Gasteiger partial charge in [0.2, 0.25) is 0 Å². The third-order valence-corrected chi connectivity index (χ3v) is 9.68.